The lowest BCUT2D eigenvalue weighted by Gasteiger charge is -2.35. The van der Waals surface area contributed by atoms with E-state index < -0.39 is 0 Å². The highest BCUT2D eigenvalue weighted by Gasteiger charge is 2.23. The standard InChI is InChI=1S/C15H23N3OS/c1-17-10-8-13(9-11-17)18(2)15(19)16-12-4-6-14(20-3)7-5-12/h4-7,13H,8-11H2,1-3H3,(H,16,19). The molecule has 2 rings (SSSR count). The number of nitrogens with zero attached hydrogens (tertiary/aromatic N) is 2. The van der Waals surface area contributed by atoms with Gasteiger partial charge in [0.2, 0.25) is 0 Å². The molecule has 20 heavy (non-hydrogen) atoms. The van der Waals surface area contributed by atoms with Crippen LogP contribution in [0.4, 0.5) is 10.5 Å². The SMILES string of the molecule is CSc1ccc(NC(=O)N(C)C2CCN(C)CC2)cc1. The number of hydrogen-bond donors (Lipinski definition) is 1. The Kier molecular flexibility index (Phi) is 5.31. The van der Waals surface area contributed by atoms with Gasteiger partial charge in [-0.3, -0.25) is 0 Å². The topological polar surface area (TPSA) is 35.6 Å². The molecule has 110 valence electrons. The first-order chi connectivity index (χ1) is 9.60. The van der Waals surface area contributed by atoms with Crippen LogP contribution in [-0.4, -0.2) is 55.3 Å². The van der Waals surface area contributed by atoms with Gasteiger partial charge in [-0.2, -0.15) is 0 Å². The second-order valence-corrected chi connectivity index (χ2v) is 6.18. The van der Waals surface area contributed by atoms with Crippen LogP contribution < -0.4 is 5.32 Å². The van der Waals surface area contributed by atoms with Gasteiger partial charge in [0.1, 0.15) is 0 Å². The van der Waals surface area contributed by atoms with Crippen LogP contribution in [0.5, 0.6) is 0 Å². The summed E-state index contributed by atoms with van der Waals surface area (Å²) in [5, 5.41) is 2.97. The number of nitrogens with one attached hydrogen (secondary N) is 1. The average molecular weight is 293 g/mol. The smallest absolute Gasteiger partial charge is 0.321 e. The fourth-order valence-electron chi connectivity index (χ4n) is 2.43. The maximum atomic E-state index is 12.2. The van der Waals surface area contributed by atoms with Gasteiger partial charge in [-0.1, -0.05) is 0 Å². The van der Waals surface area contributed by atoms with Crippen molar-refractivity contribution < 1.29 is 4.79 Å². The van der Waals surface area contributed by atoms with E-state index >= 15 is 0 Å². The Morgan fingerprint density at radius 3 is 2.45 bits per heavy atom. The molecule has 4 nitrogen and oxygen atoms in total. The number of likely N-dealkylation sites (tertiary alicyclic amines) is 1. The van der Waals surface area contributed by atoms with E-state index in [2.05, 4.69) is 17.3 Å². The highest BCUT2D eigenvalue weighted by Crippen LogP contribution is 2.19. The zero-order chi connectivity index (χ0) is 14.5. The number of thioether (sulfide) groups is 1. The Morgan fingerprint density at radius 1 is 1.30 bits per heavy atom. The minimum absolute atomic E-state index is 0.0172. The van der Waals surface area contributed by atoms with Gasteiger partial charge in [0.15, 0.2) is 0 Å². The summed E-state index contributed by atoms with van der Waals surface area (Å²) in [6, 6.07) is 8.28. The molecule has 0 bridgehead atoms. The lowest BCUT2D eigenvalue weighted by atomic mass is 10.0. The maximum absolute atomic E-state index is 12.2. The van der Waals surface area contributed by atoms with E-state index in [0.717, 1.165) is 31.6 Å². The van der Waals surface area contributed by atoms with Crippen LogP contribution in [0.3, 0.4) is 0 Å². The summed E-state index contributed by atoms with van der Waals surface area (Å²) < 4.78 is 0. The molecule has 0 radical (unpaired) electrons. The monoisotopic (exact) mass is 293 g/mol. The third-order valence-corrected chi connectivity index (χ3v) is 4.64. The third-order valence-electron chi connectivity index (χ3n) is 3.90. The molecule has 1 heterocycles. The van der Waals surface area contributed by atoms with Crippen LogP contribution in [0.2, 0.25) is 0 Å². The number of carbonyl (C=O) groups is 1. The van der Waals surface area contributed by atoms with Crippen LogP contribution in [0.1, 0.15) is 12.8 Å². The lowest BCUT2D eigenvalue weighted by molar-refractivity contribution is 0.156. The van der Waals surface area contributed by atoms with Crippen molar-refractivity contribution in [1.29, 1.82) is 0 Å². The van der Waals surface area contributed by atoms with Crippen LogP contribution in [-0.2, 0) is 0 Å². The predicted octanol–water partition coefficient (Wildman–Crippen LogP) is 2.97. The summed E-state index contributed by atoms with van der Waals surface area (Å²) in [6.07, 6.45) is 4.14. The maximum Gasteiger partial charge on any atom is 0.321 e. The average Bonchev–Trinajstić information content (AvgIpc) is 2.48. The number of carbonyl (C=O) groups excluding carboxylic acids is 1. The number of hydrogen-bond acceptors (Lipinski definition) is 3. The lowest BCUT2D eigenvalue weighted by Crippen LogP contribution is -2.46. The number of urea groups is 1. The molecule has 5 heteroatoms. The molecule has 0 atom stereocenters. The van der Waals surface area contributed by atoms with Gasteiger partial charge < -0.3 is 15.1 Å². The molecule has 1 fully saturated rings. The van der Waals surface area contributed by atoms with E-state index in [1.165, 1.54) is 4.90 Å². The molecular weight excluding hydrogens is 270 g/mol. The Morgan fingerprint density at radius 2 is 1.90 bits per heavy atom. The molecular formula is C15H23N3OS. The van der Waals surface area contributed by atoms with Gasteiger partial charge in [-0.15, -0.1) is 11.8 Å². The van der Waals surface area contributed by atoms with Crippen molar-refractivity contribution >= 4 is 23.5 Å². The molecule has 1 aliphatic rings. The van der Waals surface area contributed by atoms with Crippen LogP contribution >= 0.6 is 11.8 Å². The molecule has 0 unspecified atom stereocenters. The first-order valence-corrected chi connectivity index (χ1v) is 8.19. The molecule has 1 aromatic rings. The van der Waals surface area contributed by atoms with Gasteiger partial charge >= 0.3 is 6.03 Å². The van der Waals surface area contributed by atoms with Crippen molar-refractivity contribution in [2.75, 3.05) is 38.8 Å². The number of piperidine rings is 1. The largest absolute Gasteiger partial charge is 0.325 e. The van der Waals surface area contributed by atoms with Crippen molar-refractivity contribution in [3.05, 3.63) is 24.3 Å². The Balaban J connectivity index is 1.89. The molecule has 1 aliphatic heterocycles. The molecule has 1 saturated heterocycles. The Labute approximate surface area is 125 Å². The van der Waals surface area contributed by atoms with E-state index in [1.807, 2.05) is 42.5 Å². The summed E-state index contributed by atoms with van der Waals surface area (Å²) in [5.41, 5.74) is 0.854. The summed E-state index contributed by atoms with van der Waals surface area (Å²) in [6.45, 7) is 2.12. The van der Waals surface area contributed by atoms with Crippen molar-refractivity contribution in [2.24, 2.45) is 0 Å². The van der Waals surface area contributed by atoms with Gasteiger partial charge in [-0.05, 0) is 63.5 Å². The van der Waals surface area contributed by atoms with E-state index in [9.17, 15) is 4.79 Å². The summed E-state index contributed by atoms with van der Waals surface area (Å²) in [4.78, 5) is 17.6. The van der Waals surface area contributed by atoms with Gasteiger partial charge in [0.05, 0.1) is 0 Å². The summed E-state index contributed by atoms with van der Waals surface area (Å²) in [7, 11) is 4.02. The van der Waals surface area contributed by atoms with Crippen molar-refractivity contribution in [2.45, 2.75) is 23.8 Å². The molecule has 0 aromatic heterocycles. The fourth-order valence-corrected chi connectivity index (χ4v) is 2.84. The highest BCUT2D eigenvalue weighted by atomic mass is 32.2. The number of amides is 2. The van der Waals surface area contributed by atoms with Crippen LogP contribution in [0.15, 0.2) is 29.2 Å². The number of benzene rings is 1. The molecule has 1 aromatic carbocycles. The first kappa shape index (κ1) is 15.2. The Hall–Kier alpha value is -1.20. The molecule has 0 saturated carbocycles. The third kappa shape index (κ3) is 3.90. The van der Waals surface area contributed by atoms with Gasteiger partial charge in [-0.25, -0.2) is 4.79 Å². The van der Waals surface area contributed by atoms with E-state index in [4.69, 9.17) is 0 Å². The van der Waals surface area contributed by atoms with Crippen LogP contribution in [0.25, 0.3) is 0 Å². The van der Waals surface area contributed by atoms with Crippen LogP contribution in [0, 0.1) is 0 Å². The quantitative estimate of drug-likeness (QED) is 0.870. The number of anilines is 1. The van der Waals surface area contributed by atoms with E-state index in [1.54, 1.807) is 11.8 Å². The van der Waals surface area contributed by atoms with Gasteiger partial charge in [0.25, 0.3) is 0 Å². The van der Waals surface area contributed by atoms with Crippen molar-refractivity contribution in [3.63, 3.8) is 0 Å². The highest BCUT2D eigenvalue weighted by molar-refractivity contribution is 7.98. The van der Waals surface area contributed by atoms with E-state index in [0.29, 0.717) is 6.04 Å². The Bertz CT molecular complexity index is 441. The molecule has 0 aliphatic carbocycles. The first-order valence-electron chi connectivity index (χ1n) is 6.96. The number of rotatable bonds is 3. The summed E-state index contributed by atoms with van der Waals surface area (Å²) in [5.74, 6) is 0. The zero-order valence-electron chi connectivity index (χ0n) is 12.4. The van der Waals surface area contributed by atoms with Gasteiger partial charge in [0, 0.05) is 23.7 Å². The predicted molar refractivity (Wildman–Crippen MR) is 85.5 cm³/mol. The minimum atomic E-state index is -0.0172. The fraction of sp³-hybridized carbons (Fsp3) is 0.533. The molecule has 1 N–H and O–H groups in total. The second kappa shape index (κ2) is 6.99. The van der Waals surface area contributed by atoms with E-state index in [-0.39, 0.29) is 6.03 Å². The van der Waals surface area contributed by atoms with Crippen molar-refractivity contribution in [1.82, 2.24) is 9.80 Å². The second-order valence-electron chi connectivity index (χ2n) is 5.30. The normalized spacial score (nSPS) is 16.9. The zero-order valence-corrected chi connectivity index (χ0v) is 13.2. The minimum Gasteiger partial charge on any atom is -0.325 e. The molecule has 0 spiro atoms. The van der Waals surface area contributed by atoms with Crippen molar-refractivity contribution in [3.8, 4) is 0 Å². The summed E-state index contributed by atoms with van der Waals surface area (Å²) >= 11 is 1.70. The molecule has 2 amide bonds.